The second-order valence-corrected chi connectivity index (χ2v) is 26.2. The van der Waals surface area contributed by atoms with Gasteiger partial charge < -0.3 is 39.1 Å². The predicted molar refractivity (Wildman–Crippen MR) is 382 cm³/mol. The van der Waals surface area contributed by atoms with Gasteiger partial charge in [0.15, 0.2) is 23.0 Å². The lowest BCUT2D eigenvalue weighted by Gasteiger charge is -2.20. The monoisotopic (exact) mass is 1230 g/mol. The van der Waals surface area contributed by atoms with Gasteiger partial charge >= 0.3 is 6.03 Å². The van der Waals surface area contributed by atoms with E-state index in [9.17, 15) is 4.79 Å². The molecule has 2 amide bonds. The van der Waals surface area contributed by atoms with Gasteiger partial charge in [-0.05, 0) is 38.5 Å². The summed E-state index contributed by atoms with van der Waals surface area (Å²) in [5.41, 5.74) is 1.20. The maximum Gasteiger partial charge on any atom is 0.323 e. The van der Waals surface area contributed by atoms with E-state index in [4.69, 9.17) is 28.4 Å². The molecule has 0 spiro atoms. The van der Waals surface area contributed by atoms with Crippen LogP contribution >= 0.6 is 0 Å². The first-order valence-electron chi connectivity index (χ1n) is 38.7. The average Bonchev–Trinajstić information content (AvgIpc) is 3.66. The van der Waals surface area contributed by atoms with Crippen molar-refractivity contribution in [2.24, 2.45) is 0 Å². The minimum absolute atomic E-state index is 0.365. The SMILES string of the molecule is CCCCCCCCCCCOc1cc(NC(=O)Nc2cc(OCCCCCCCCCCC)c(OCCCCCCCCCCC)c(OCCCCCCCCCCC)c2)cc(OCCCCCCCCCCC)c1OCCCCCCCCCCC. The molecular weight excluding hydrogens is 1090 g/mol. The molecule has 0 atom stereocenters. The summed E-state index contributed by atoms with van der Waals surface area (Å²) in [4.78, 5) is 14.5. The normalized spacial score (nSPS) is 11.3. The Hall–Kier alpha value is -3.49. The maximum atomic E-state index is 14.5. The molecule has 2 N–H and O–H groups in total. The van der Waals surface area contributed by atoms with Gasteiger partial charge in [0, 0.05) is 24.3 Å². The minimum Gasteiger partial charge on any atom is -0.489 e. The molecule has 0 aliphatic rings. The summed E-state index contributed by atoms with van der Waals surface area (Å²) < 4.78 is 40.2. The van der Waals surface area contributed by atoms with Crippen LogP contribution in [0.2, 0.25) is 0 Å². The van der Waals surface area contributed by atoms with Crippen LogP contribution in [0.3, 0.4) is 0 Å². The average molecular weight is 1230 g/mol. The Labute approximate surface area is 545 Å². The third-order valence-electron chi connectivity index (χ3n) is 17.6. The summed E-state index contributed by atoms with van der Waals surface area (Å²) >= 11 is 0. The van der Waals surface area contributed by atoms with Crippen LogP contribution in [0, 0.1) is 0 Å². The van der Waals surface area contributed by atoms with Crippen LogP contribution in [-0.4, -0.2) is 45.7 Å². The van der Waals surface area contributed by atoms with E-state index >= 15 is 0 Å². The Balaban J connectivity index is 2.46. The van der Waals surface area contributed by atoms with Gasteiger partial charge in [0.05, 0.1) is 51.0 Å². The van der Waals surface area contributed by atoms with E-state index in [1.54, 1.807) is 0 Å². The maximum absolute atomic E-state index is 14.5. The Kier molecular flexibility index (Phi) is 57.1. The molecule has 2 aromatic rings. The Morgan fingerprint density at radius 3 is 0.545 bits per heavy atom. The second kappa shape index (κ2) is 62.3. The third-order valence-corrected chi connectivity index (χ3v) is 17.6. The van der Waals surface area contributed by atoms with Crippen LogP contribution < -0.4 is 39.1 Å². The standard InChI is InChI=1S/C79H144N2O7/c1-7-13-19-25-31-37-43-49-55-61-83-73-67-71(68-74(84-62-56-50-44-38-32-26-20-14-8-2)77(73)87-65-59-53-47-41-35-29-23-17-11-5)80-79(82)81-72-69-75(85-63-57-51-45-39-33-27-21-15-9-3)78(88-66-60-54-48-42-36-30-24-18-12-6)76(70-72)86-64-58-52-46-40-34-28-22-16-10-4/h67-70H,7-66H2,1-6H3,(H2,80,81,82). The Morgan fingerprint density at radius 2 is 0.375 bits per heavy atom. The van der Waals surface area contributed by atoms with Gasteiger partial charge in [-0.1, -0.05) is 350 Å². The minimum atomic E-state index is -0.365. The summed E-state index contributed by atoms with van der Waals surface area (Å²) in [6.07, 6.45) is 67.3. The lowest BCUT2D eigenvalue weighted by atomic mass is 10.1. The molecule has 0 saturated heterocycles. The molecule has 9 heteroatoms. The molecule has 0 aliphatic carbocycles. The molecule has 9 nitrogen and oxygen atoms in total. The number of hydrogen-bond donors (Lipinski definition) is 2. The van der Waals surface area contributed by atoms with Crippen molar-refractivity contribution in [2.45, 2.75) is 388 Å². The summed E-state index contributed by atoms with van der Waals surface area (Å²) in [6.45, 7) is 17.2. The zero-order valence-electron chi connectivity index (χ0n) is 59.1. The topological polar surface area (TPSA) is 96.5 Å². The highest BCUT2D eigenvalue weighted by atomic mass is 16.5. The molecule has 0 bridgehead atoms. The molecule has 0 saturated carbocycles. The van der Waals surface area contributed by atoms with Crippen molar-refractivity contribution in [3.05, 3.63) is 24.3 Å². The van der Waals surface area contributed by atoms with Gasteiger partial charge in [-0.3, -0.25) is 0 Å². The fraction of sp³-hybridized carbons (Fsp3) is 0.835. The van der Waals surface area contributed by atoms with E-state index in [-0.39, 0.29) is 6.03 Å². The highest BCUT2D eigenvalue weighted by Crippen LogP contribution is 2.43. The van der Waals surface area contributed by atoms with Crippen LogP contribution in [0.4, 0.5) is 16.2 Å². The van der Waals surface area contributed by atoms with E-state index in [1.165, 1.54) is 270 Å². The van der Waals surface area contributed by atoms with Gasteiger partial charge in [0.25, 0.3) is 0 Å². The lowest BCUT2D eigenvalue weighted by Crippen LogP contribution is -2.20. The molecule has 0 unspecified atom stereocenters. The Morgan fingerprint density at radius 1 is 0.227 bits per heavy atom. The number of ether oxygens (including phenoxy) is 6. The van der Waals surface area contributed by atoms with Crippen molar-refractivity contribution in [1.29, 1.82) is 0 Å². The van der Waals surface area contributed by atoms with Gasteiger partial charge in [-0.2, -0.15) is 0 Å². The number of unbranched alkanes of at least 4 members (excludes halogenated alkanes) is 48. The van der Waals surface area contributed by atoms with E-state index in [2.05, 4.69) is 52.2 Å². The number of hydrogen-bond acceptors (Lipinski definition) is 7. The number of rotatable bonds is 68. The van der Waals surface area contributed by atoms with Gasteiger partial charge in [0.2, 0.25) is 11.5 Å². The molecular formula is C79H144N2O7. The summed E-state index contributed by atoms with van der Waals surface area (Å²) in [5, 5.41) is 6.42. The quantitative estimate of drug-likeness (QED) is 0.0637. The van der Waals surface area contributed by atoms with E-state index in [0.717, 1.165) is 77.0 Å². The molecule has 88 heavy (non-hydrogen) atoms. The van der Waals surface area contributed by atoms with E-state index in [1.807, 2.05) is 24.3 Å². The zero-order chi connectivity index (χ0) is 63.1. The number of carbonyl (C=O) groups is 1. The number of urea groups is 1. The van der Waals surface area contributed by atoms with Crippen molar-refractivity contribution < 1.29 is 33.2 Å². The molecule has 512 valence electrons. The molecule has 2 rings (SSSR count). The fourth-order valence-corrected chi connectivity index (χ4v) is 11.9. The van der Waals surface area contributed by atoms with Crippen molar-refractivity contribution in [2.75, 3.05) is 50.3 Å². The van der Waals surface area contributed by atoms with Crippen LogP contribution in [0.5, 0.6) is 34.5 Å². The lowest BCUT2D eigenvalue weighted by molar-refractivity contribution is 0.234. The van der Waals surface area contributed by atoms with Crippen LogP contribution in [0.15, 0.2) is 24.3 Å². The van der Waals surface area contributed by atoms with E-state index < -0.39 is 0 Å². The van der Waals surface area contributed by atoms with Crippen LogP contribution in [-0.2, 0) is 0 Å². The number of benzene rings is 2. The van der Waals surface area contributed by atoms with Crippen LogP contribution in [0.25, 0.3) is 0 Å². The summed E-state index contributed by atoms with van der Waals surface area (Å²) in [5.74, 6) is 3.81. The number of anilines is 2. The highest BCUT2D eigenvalue weighted by molar-refractivity contribution is 6.00. The van der Waals surface area contributed by atoms with Crippen molar-refractivity contribution in [1.82, 2.24) is 0 Å². The van der Waals surface area contributed by atoms with Gasteiger partial charge in [0.1, 0.15) is 0 Å². The molecule has 0 aliphatic heterocycles. The van der Waals surface area contributed by atoms with E-state index in [0.29, 0.717) is 85.5 Å². The second-order valence-electron chi connectivity index (χ2n) is 26.2. The van der Waals surface area contributed by atoms with Crippen LogP contribution in [0.1, 0.15) is 388 Å². The summed E-state index contributed by atoms with van der Waals surface area (Å²) in [6, 6.07) is 7.39. The number of amides is 2. The molecule has 0 heterocycles. The first kappa shape index (κ1) is 80.6. The van der Waals surface area contributed by atoms with Crippen molar-refractivity contribution in [3.63, 3.8) is 0 Å². The molecule has 0 fully saturated rings. The first-order valence-corrected chi connectivity index (χ1v) is 38.7. The fourth-order valence-electron chi connectivity index (χ4n) is 11.9. The number of carbonyl (C=O) groups excluding carboxylic acids is 1. The number of nitrogens with one attached hydrogen (secondary N) is 2. The summed E-state index contributed by atoms with van der Waals surface area (Å²) in [7, 11) is 0. The molecule has 0 aromatic heterocycles. The van der Waals surface area contributed by atoms with Crippen molar-refractivity contribution >= 4 is 17.4 Å². The van der Waals surface area contributed by atoms with Crippen molar-refractivity contribution in [3.8, 4) is 34.5 Å². The van der Waals surface area contributed by atoms with Gasteiger partial charge in [-0.15, -0.1) is 0 Å². The molecule has 0 radical (unpaired) electrons. The third kappa shape index (κ3) is 46.6. The highest BCUT2D eigenvalue weighted by Gasteiger charge is 2.21. The molecule has 2 aromatic carbocycles. The smallest absolute Gasteiger partial charge is 0.323 e. The predicted octanol–water partition coefficient (Wildman–Crippen LogP) is 26.8. The largest absolute Gasteiger partial charge is 0.489 e. The zero-order valence-corrected chi connectivity index (χ0v) is 59.1. The van der Waals surface area contributed by atoms with Gasteiger partial charge in [-0.25, -0.2) is 4.79 Å². The first-order chi connectivity index (χ1) is 43.5. The Bertz CT molecular complexity index is 1600.